The van der Waals surface area contributed by atoms with E-state index in [-0.39, 0.29) is 17.7 Å². The van der Waals surface area contributed by atoms with Gasteiger partial charge in [-0.3, -0.25) is 0 Å². The third-order valence-corrected chi connectivity index (χ3v) is 3.93. The van der Waals surface area contributed by atoms with Gasteiger partial charge in [0.25, 0.3) is 0 Å². The Bertz CT molecular complexity index is 442. The molecule has 1 aliphatic rings. The Balaban J connectivity index is 1.97. The van der Waals surface area contributed by atoms with Gasteiger partial charge in [0.05, 0.1) is 18.7 Å². The maximum Gasteiger partial charge on any atom is 0.338 e. The molecule has 5 nitrogen and oxygen atoms in total. The van der Waals surface area contributed by atoms with Crippen LogP contribution in [0.15, 0.2) is 16.7 Å². The highest BCUT2D eigenvalue weighted by Gasteiger charge is 2.34. The number of hydrogen-bond donors (Lipinski definition) is 3. The van der Waals surface area contributed by atoms with Crippen LogP contribution in [0.1, 0.15) is 48.7 Å². The molecule has 0 spiro atoms. The molecule has 0 radical (unpaired) electrons. The van der Waals surface area contributed by atoms with Gasteiger partial charge in [-0.05, 0) is 24.8 Å². The Morgan fingerprint density at radius 1 is 1.63 bits per heavy atom. The van der Waals surface area contributed by atoms with Gasteiger partial charge in [0.2, 0.25) is 0 Å². The number of aliphatic hydroxyl groups is 1. The summed E-state index contributed by atoms with van der Waals surface area (Å²) in [7, 11) is 0. The standard InChI is InChI=1S/C14H21NO4/c1-10-3-2-4-14(6-10,9-16)15-7-12-5-11(8-19-12)13(17)18/h5,8,10,15-16H,2-4,6-7,9H2,1H3,(H,17,18). The Labute approximate surface area is 112 Å². The summed E-state index contributed by atoms with van der Waals surface area (Å²) in [6.45, 7) is 2.74. The summed E-state index contributed by atoms with van der Waals surface area (Å²) in [6, 6.07) is 1.52. The molecule has 0 saturated heterocycles. The van der Waals surface area contributed by atoms with Gasteiger partial charge in [-0.25, -0.2) is 4.79 Å². The summed E-state index contributed by atoms with van der Waals surface area (Å²) >= 11 is 0. The van der Waals surface area contributed by atoms with Crippen LogP contribution in [-0.4, -0.2) is 28.3 Å². The lowest BCUT2D eigenvalue weighted by Gasteiger charge is -2.39. The second-order valence-electron chi connectivity index (χ2n) is 5.60. The lowest BCUT2D eigenvalue weighted by atomic mass is 9.77. The highest BCUT2D eigenvalue weighted by Crippen LogP contribution is 2.32. The van der Waals surface area contributed by atoms with Crippen LogP contribution in [0.25, 0.3) is 0 Å². The number of aliphatic hydroxyl groups excluding tert-OH is 1. The van der Waals surface area contributed by atoms with Gasteiger partial charge in [-0.15, -0.1) is 0 Å². The van der Waals surface area contributed by atoms with Crippen LogP contribution in [0.4, 0.5) is 0 Å². The zero-order chi connectivity index (χ0) is 13.9. The fourth-order valence-corrected chi connectivity index (χ4v) is 2.88. The zero-order valence-corrected chi connectivity index (χ0v) is 11.2. The molecule has 1 aromatic rings. The van der Waals surface area contributed by atoms with Gasteiger partial charge in [0.15, 0.2) is 0 Å². The van der Waals surface area contributed by atoms with Gasteiger partial charge in [-0.1, -0.05) is 19.8 Å². The molecule has 1 saturated carbocycles. The van der Waals surface area contributed by atoms with Crippen LogP contribution in [0, 0.1) is 5.92 Å². The molecule has 0 amide bonds. The van der Waals surface area contributed by atoms with E-state index in [1.165, 1.54) is 18.8 Å². The predicted octanol–water partition coefficient (Wildman–Crippen LogP) is 2.01. The van der Waals surface area contributed by atoms with Crippen molar-refractivity contribution >= 4 is 5.97 Å². The van der Waals surface area contributed by atoms with E-state index in [0.29, 0.717) is 18.2 Å². The minimum atomic E-state index is -0.988. The van der Waals surface area contributed by atoms with E-state index < -0.39 is 5.97 Å². The molecule has 2 atom stereocenters. The van der Waals surface area contributed by atoms with E-state index in [2.05, 4.69) is 12.2 Å². The molecule has 2 rings (SSSR count). The van der Waals surface area contributed by atoms with Crippen LogP contribution in [0.2, 0.25) is 0 Å². The van der Waals surface area contributed by atoms with Crippen molar-refractivity contribution in [1.82, 2.24) is 5.32 Å². The monoisotopic (exact) mass is 267 g/mol. The van der Waals surface area contributed by atoms with Crippen LogP contribution in [0.5, 0.6) is 0 Å². The maximum absolute atomic E-state index is 10.8. The summed E-state index contributed by atoms with van der Waals surface area (Å²) < 4.78 is 5.21. The Morgan fingerprint density at radius 3 is 3.00 bits per heavy atom. The number of rotatable bonds is 5. The first-order valence-electron chi connectivity index (χ1n) is 6.71. The molecule has 5 heteroatoms. The van der Waals surface area contributed by atoms with Gasteiger partial charge >= 0.3 is 5.97 Å². The number of carbonyl (C=O) groups is 1. The fraction of sp³-hybridized carbons (Fsp3) is 0.643. The van der Waals surface area contributed by atoms with Crippen LogP contribution in [-0.2, 0) is 6.54 Å². The zero-order valence-electron chi connectivity index (χ0n) is 11.2. The molecule has 2 unspecified atom stereocenters. The van der Waals surface area contributed by atoms with E-state index >= 15 is 0 Å². The van der Waals surface area contributed by atoms with Gasteiger partial charge in [0.1, 0.15) is 12.0 Å². The largest absolute Gasteiger partial charge is 0.478 e. The molecule has 1 fully saturated rings. The fourth-order valence-electron chi connectivity index (χ4n) is 2.88. The van der Waals surface area contributed by atoms with E-state index in [1.807, 2.05) is 0 Å². The average Bonchev–Trinajstić information content (AvgIpc) is 2.85. The van der Waals surface area contributed by atoms with Crippen molar-refractivity contribution in [3.05, 3.63) is 23.7 Å². The third-order valence-electron chi connectivity index (χ3n) is 3.93. The highest BCUT2D eigenvalue weighted by molar-refractivity contribution is 5.87. The number of carboxylic acids is 1. The molecule has 0 aromatic carbocycles. The van der Waals surface area contributed by atoms with Crippen LogP contribution < -0.4 is 5.32 Å². The first-order chi connectivity index (χ1) is 9.04. The van der Waals surface area contributed by atoms with E-state index in [4.69, 9.17) is 9.52 Å². The van der Waals surface area contributed by atoms with Crippen molar-refractivity contribution in [3.8, 4) is 0 Å². The smallest absolute Gasteiger partial charge is 0.338 e. The molecule has 0 aliphatic heterocycles. The maximum atomic E-state index is 10.8. The van der Waals surface area contributed by atoms with Crippen molar-refractivity contribution in [2.45, 2.75) is 44.7 Å². The quantitative estimate of drug-likeness (QED) is 0.760. The molecule has 3 N–H and O–H groups in total. The van der Waals surface area contributed by atoms with E-state index in [9.17, 15) is 9.90 Å². The highest BCUT2D eigenvalue weighted by atomic mass is 16.4. The van der Waals surface area contributed by atoms with E-state index in [1.54, 1.807) is 0 Å². The average molecular weight is 267 g/mol. The number of nitrogens with one attached hydrogen (secondary N) is 1. The van der Waals surface area contributed by atoms with Gasteiger partial charge in [-0.2, -0.15) is 0 Å². The molecular weight excluding hydrogens is 246 g/mol. The van der Waals surface area contributed by atoms with Crippen molar-refractivity contribution in [2.75, 3.05) is 6.61 Å². The van der Waals surface area contributed by atoms with Crippen molar-refractivity contribution in [1.29, 1.82) is 0 Å². The minimum Gasteiger partial charge on any atom is -0.478 e. The summed E-state index contributed by atoms with van der Waals surface area (Å²) in [6.07, 6.45) is 5.44. The predicted molar refractivity (Wildman–Crippen MR) is 70.0 cm³/mol. The molecule has 1 aromatic heterocycles. The summed E-state index contributed by atoms with van der Waals surface area (Å²) in [4.78, 5) is 10.8. The molecule has 1 heterocycles. The Morgan fingerprint density at radius 2 is 2.42 bits per heavy atom. The van der Waals surface area contributed by atoms with Crippen LogP contribution in [0.3, 0.4) is 0 Å². The molecule has 19 heavy (non-hydrogen) atoms. The number of furan rings is 1. The van der Waals surface area contributed by atoms with Crippen molar-refractivity contribution in [3.63, 3.8) is 0 Å². The topological polar surface area (TPSA) is 82.7 Å². The lowest BCUT2D eigenvalue weighted by molar-refractivity contribution is 0.0696. The van der Waals surface area contributed by atoms with Crippen molar-refractivity contribution < 1.29 is 19.4 Å². The second kappa shape index (κ2) is 5.75. The molecule has 0 bridgehead atoms. The number of carboxylic acid groups (broad SMARTS) is 1. The molecule has 1 aliphatic carbocycles. The normalized spacial score (nSPS) is 27.4. The summed E-state index contributed by atoms with van der Waals surface area (Å²) in [5.41, 5.74) is -0.0970. The first-order valence-corrected chi connectivity index (χ1v) is 6.71. The number of hydrogen-bond acceptors (Lipinski definition) is 4. The third kappa shape index (κ3) is 3.36. The second-order valence-corrected chi connectivity index (χ2v) is 5.60. The SMILES string of the molecule is CC1CCCC(CO)(NCc2cc(C(=O)O)co2)C1. The van der Waals surface area contributed by atoms with Gasteiger partial charge < -0.3 is 19.9 Å². The summed E-state index contributed by atoms with van der Waals surface area (Å²) in [5.74, 6) is 0.196. The minimum absolute atomic E-state index is 0.101. The van der Waals surface area contributed by atoms with Crippen molar-refractivity contribution in [2.24, 2.45) is 5.92 Å². The summed E-state index contributed by atoms with van der Waals surface area (Å²) in [5, 5.41) is 21.8. The number of aromatic carboxylic acids is 1. The first kappa shape index (κ1) is 14.1. The van der Waals surface area contributed by atoms with E-state index in [0.717, 1.165) is 19.3 Å². The lowest BCUT2D eigenvalue weighted by Crippen LogP contribution is -2.51. The molecular formula is C14H21NO4. The molecule has 106 valence electrons. The Kier molecular flexibility index (Phi) is 4.27. The van der Waals surface area contributed by atoms with Crippen LogP contribution >= 0.6 is 0 Å². The van der Waals surface area contributed by atoms with Gasteiger partial charge in [0, 0.05) is 5.54 Å². The Hall–Kier alpha value is -1.33.